The molecule has 0 radical (unpaired) electrons. The zero-order chi connectivity index (χ0) is 13.7. The number of hydrogen-bond donors (Lipinski definition) is 4. The van der Waals surface area contributed by atoms with Gasteiger partial charge in [-0.25, -0.2) is 0 Å². The number of halogens is 1. The molecule has 0 spiro atoms. The molecule has 0 aromatic heterocycles. The molecule has 1 atom stereocenters. The van der Waals surface area contributed by atoms with Gasteiger partial charge in [0.05, 0.1) is 5.56 Å². The summed E-state index contributed by atoms with van der Waals surface area (Å²) < 4.78 is 0.847. The maximum atomic E-state index is 11.9. The van der Waals surface area contributed by atoms with Gasteiger partial charge >= 0.3 is 0 Å². The minimum absolute atomic E-state index is 0.0367. The maximum Gasteiger partial charge on any atom is 0.255 e. The van der Waals surface area contributed by atoms with Crippen molar-refractivity contribution in [2.45, 2.75) is 19.4 Å². The average Bonchev–Trinajstić information content (AvgIpc) is 2.31. The molecule has 1 aromatic rings. The highest BCUT2D eigenvalue weighted by Gasteiger charge is 2.14. The second kappa shape index (κ2) is 6.43. The SMILES string of the molecule is CC(C/C(N)=N/O)NC(=O)c1cc(I)ccc1O. The summed E-state index contributed by atoms with van der Waals surface area (Å²) in [6, 6.07) is 4.45. The minimum atomic E-state index is -0.399. The highest BCUT2D eigenvalue weighted by atomic mass is 127. The van der Waals surface area contributed by atoms with E-state index in [-0.39, 0.29) is 29.6 Å². The molecule has 6 nitrogen and oxygen atoms in total. The standard InChI is InChI=1S/C11H14IN3O3/c1-6(4-10(13)15-18)14-11(17)8-5-7(12)2-3-9(8)16/h2-3,5-6,16,18H,4H2,1H3,(H2,13,15)(H,14,17). The summed E-state index contributed by atoms with van der Waals surface area (Å²) in [5.74, 6) is -0.442. The Labute approximate surface area is 118 Å². The first kappa shape index (κ1) is 14.6. The second-order valence-electron chi connectivity index (χ2n) is 3.83. The molecule has 1 aromatic carbocycles. The minimum Gasteiger partial charge on any atom is -0.507 e. The number of oxime groups is 1. The van der Waals surface area contributed by atoms with Gasteiger partial charge in [0.2, 0.25) is 0 Å². The number of nitrogens with one attached hydrogen (secondary N) is 1. The molecule has 0 saturated heterocycles. The van der Waals surface area contributed by atoms with E-state index in [1.54, 1.807) is 19.1 Å². The summed E-state index contributed by atoms with van der Waals surface area (Å²) >= 11 is 2.05. The lowest BCUT2D eigenvalue weighted by Gasteiger charge is -2.13. The van der Waals surface area contributed by atoms with Gasteiger partial charge in [0.25, 0.3) is 5.91 Å². The van der Waals surface area contributed by atoms with Crippen molar-refractivity contribution in [3.63, 3.8) is 0 Å². The molecule has 1 amide bonds. The molecule has 1 unspecified atom stereocenters. The Kier molecular flexibility index (Phi) is 5.20. The third-order valence-corrected chi connectivity index (χ3v) is 2.90. The zero-order valence-corrected chi connectivity index (χ0v) is 11.9. The molecule has 7 heteroatoms. The van der Waals surface area contributed by atoms with Crippen LogP contribution < -0.4 is 11.1 Å². The Morgan fingerprint density at radius 3 is 2.89 bits per heavy atom. The summed E-state index contributed by atoms with van der Waals surface area (Å²) in [5.41, 5.74) is 5.54. The number of hydrogen-bond acceptors (Lipinski definition) is 4. The Morgan fingerprint density at radius 2 is 2.28 bits per heavy atom. The van der Waals surface area contributed by atoms with E-state index < -0.39 is 5.91 Å². The van der Waals surface area contributed by atoms with Gasteiger partial charge in [0, 0.05) is 16.0 Å². The van der Waals surface area contributed by atoms with Crippen molar-refractivity contribution >= 4 is 34.3 Å². The summed E-state index contributed by atoms with van der Waals surface area (Å²) in [4.78, 5) is 11.9. The van der Waals surface area contributed by atoms with Crippen molar-refractivity contribution in [1.29, 1.82) is 0 Å². The third kappa shape index (κ3) is 4.06. The van der Waals surface area contributed by atoms with Crippen LogP contribution in [-0.4, -0.2) is 28.1 Å². The van der Waals surface area contributed by atoms with Gasteiger partial charge in [0.15, 0.2) is 0 Å². The Bertz CT molecular complexity index is 477. The number of carbonyl (C=O) groups is 1. The van der Waals surface area contributed by atoms with Crippen LogP contribution in [0.25, 0.3) is 0 Å². The van der Waals surface area contributed by atoms with E-state index in [0.717, 1.165) is 3.57 Å². The lowest BCUT2D eigenvalue weighted by Crippen LogP contribution is -2.35. The summed E-state index contributed by atoms with van der Waals surface area (Å²) in [6.45, 7) is 1.72. The van der Waals surface area contributed by atoms with Gasteiger partial charge < -0.3 is 21.4 Å². The maximum absolute atomic E-state index is 11.9. The van der Waals surface area contributed by atoms with E-state index in [1.165, 1.54) is 6.07 Å². The highest BCUT2D eigenvalue weighted by Crippen LogP contribution is 2.19. The van der Waals surface area contributed by atoms with Crippen LogP contribution in [0.5, 0.6) is 5.75 Å². The summed E-state index contributed by atoms with van der Waals surface area (Å²) in [6.07, 6.45) is 0.229. The molecule has 0 saturated carbocycles. The number of nitrogens with two attached hydrogens (primary N) is 1. The van der Waals surface area contributed by atoms with E-state index in [0.29, 0.717) is 0 Å². The molecule has 5 N–H and O–H groups in total. The van der Waals surface area contributed by atoms with Crippen LogP contribution in [0, 0.1) is 3.57 Å². The molecule has 98 valence electrons. The molecule has 0 bridgehead atoms. The van der Waals surface area contributed by atoms with Crippen LogP contribution in [0.4, 0.5) is 0 Å². The molecule has 0 fully saturated rings. The van der Waals surface area contributed by atoms with Crippen molar-refractivity contribution < 1.29 is 15.1 Å². The normalized spacial score (nSPS) is 13.1. The number of benzene rings is 1. The lowest BCUT2D eigenvalue weighted by atomic mass is 10.1. The number of phenols is 1. The number of aromatic hydroxyl groups is 1. The summed E-state index contributed by atoms with van der Waals surface area (Å²) in [5, 5.41) is 23.5. The van der Waals surface area contributed by atoms with E-state index in [4.69, 9.17) is 10.9 Å². The van der Waals surface area contributed by atoms with Crippen molar-refractivity contribution in [2.24, 2.45) is 10.9 Å². The van der Waals surface area contributed by atoms with Crippen LogP contribution in [-0.2, 0) is 0 Å². The van der Waals surface area contributed by atoms with E-state index in [9.17, 15) is 9.90 Å². The fraction of sp³-hybridized carbons (Fsp3) is 0.273. The van der Waals surface area contributed by atoms with Gasteiger partial charge in [-0.2, -0.15) is 0 Å². The van der Waals surface area contributed by atoms with E-state index in [2.05, 4.69) is 33.1 Å². The Balaban J connectivity index is 2.73. The molecular weight excluding hydrogens is 349 g/mol. The highest BCUT2D eigenvalue weighted by molar-refractivity contribution is 14.1. The first-order chi connectivity index (χ1) is 8.43. The van der Waals surface area contributed by atoms with Crippen molar-refractivity contribution in [3.05, 3.63) is 27.3 Å². The topological polar surface area (TPSA) is 108 Å². The van der Waals surface area contributed by atoms with Gasteiger partial charge in [-0.05, 0) is 47.7 Å². The predicted molar refractivity (Wildman–Crippen MR) is 75.8 cm³/mol. The largest absolute Gasteiger partial charge is 0.507 e. The van der Waals surface area contributed by atoms with Crippen LogP contribution in [0.15, 0.2) is 23.4 Å². The van der Waals surface area contributed by atoms with Gasteiger partial charge in [-0.3, -0.25) is 4.79 Å². The number of carbonyl (C=O) groups excluding carboxylic acids is 1. The van der Waals surface area contributed by atoms with Crippen molar-refractivity contribution in [3.8, 4) is 5.75 Å². The molecule has 1 rings (SSSR count). The number of rotatable bonds is 4. The van der Waals surface area contributed by atoms with Gasteiger partial charge in [-0.15, -0.1) is 0 Å². The van der Waals surface area contributed by atoms with Crippen LogP contribution >= 0.6 is 22.6 Å². The van der Waals surface area contributed by atoms with Crippen LogP contribution in [0.2, 0.25) is 0 Å². The molecule has 18 heavy (non-hydrogen) atoms. The van der Waals surface area contributed by atoms with Crippen molar-refractivity contribution in [1.82, 2.24) is 5.32 Å². The van der Waals surface area contributed by atoms with E-state index >= 15 is 0 Å². The molecular formula is C11H14IN3O3. The first-order valence-electron chi connectivity index (χ1n) is 5.19. The third-order valence-electron chi connectivity index (χ3n) is 2.22. The fourth-order valence-electron chi connectivity index (χ4n) is 1.40. The predicted octanol–water partition coefficient (Wildman–Crippen LogP) is 1.25. The van der Waals surface area contributed by atoms with Crippen molar-refractivity contribution in [2.75, 3.05) is 0 Å². The van der Waals surface area contributed by atoms with Crippen LogP contribution in [0.1, 0.15) is 23.7 Å². The second-order valence-corrected chi connectivity index (χ2v) is 5.08. The number of phenolic OH excluding ortho intramolecular Hbond substituents is 1. The van der Waals surface area contributed by atoms with Gasteiger partial charge in [0.1, 0.15) is 11.6 Å². The fourth-order valence-corrected chi connectivity index (χ4v) is 1.89. The smallest absolute Gasteiger partial charge is 0.255 e. The summed E-state index contributed by atoms with van der Waals surface area (Å²) in [7, 11) is 0. The van der Waals surface area contributed by atoms with Crippen LogP contribution in [0.3, 0.4) is 0 Å². The quantitative estimate of drug-likeness (QED) is 0.212. The Morgan fingerprint density at radius 1 is 1.61 bits per heavy atom. The number of nitrogens with zero attached hydrogens (tertiary/aromatic N) is 1. The molecule has 0 aliphatic heterocycles. The van der Waals surface area contributed by atoms with Gasteiger partial charge in [-0.1, -0.05) is 5.16 Å². The Hall–Kier alpha value is -1.51. The number of amidine groups is 1. The lowest BCUT2D eigenvalue weighted by molar-refractivity contribution is 0.0938. The molecule has 0 aliphatic carbocycles. The molecule has 0 heterocycles. The number of amides is 1. The molecule has 0 aliphatic rings. The first-order valence-corrected chi connectivity index (χ1v) is 6.27. The zero-order valence-electron chi connectivity index (χ0n) is 9.72. The monoisotopic (exact) mass is 363 g/mol. The average molecular weight is 363 g/mol. The van der Waals surface area contributed by atoms with E-state index in [1.807, 2.05) is 0 Å².